The van der Waals surface area contributed by atoms with E-state index in [4.69, 9.17) is 11.6 Å². The second-order valence-corrected chi connectivity index (χ2v) is 6.88. The number of rotatable bonds is 5. The predicted molar refractivity (Wildman–Crippen MR) is 107 cm³/mol. The van der Waals surface area contributed by atoms with Crippen LogP contribution in [-0.2, 0) is 11.2 Å². The number of hydrogen-bond acceptors (Lipinski definition) is 3. The number of amides is 1. The minimum atomic E-state index is -0.208. The maximum Gasteiger partial charge on any atom is 0.262 e. The van der Waals surface area contributed by atoms with Crippen LogP contribution in [0.3, 0.4) is 0 Å². The molecule has 27 heavy (non-hydrogen) atoms. The number of nitrogens with one attached hydrogen (secondary N) is 1. The number of phenolic OH excluding ortho intramolecular Hbond substituents is 1. The Morgan fingerprint density at radius 2 is 1.85 bits per heavy atom. The van der Waals surface area contributed by atoms with E-state index in [1.807, 2.05) is 13.8 Å². The van der Waals surface area contributed by atoms with Crippen LogP contribution in [0, 0.1) is 6.92 Å². The summed E-state index contributed by atoms with van der Waals surface area (Å²) in [5.74, 6) is -0.227. The normalized spacial score (nSPS) is 10.9. The number of nitrogens with zero attached hydrogens (tertiary/aromatic N) is 1. The molecular weight excluding hydrogens is 364 g/mol. The van der Waals surface area contributed by atoms with Gasteiger partial charge in [0.2, 0.25) is 5.91 Å². The zero-order valence-electron chi connectivity index (χ0n) is 15.3. The summed E-state index contributed by atoms with van der Waals surface area (Å²) >= 11 is 5.92. The van der Waals surface area contributed by atoms with Gasteiger partial charge >= 0.3 is 0 Å². The van der Waals surface area contributed by atoms with Crippen molar-refractivity contribution in [2.75, 3.05) is 6.54 Å². The first-order valence-electron chi connectivity index (χ1n) is 8.82. The molecule has 0 spiro atoms. The molecule has 0 unspecified atom stereocenters. The average molecular weight is 385 g/mol. The molecule has 5 nitrogen and oxygen atoms in total. The molecule has 0 aliphatic carbocycles. The monoisotopic (exact) mass is 384 g/mol. The lowest BCUT2D eigenvalue weighted by Crippen LogP contribution is -2.26. The van der Waals surface area contributed by atoms with Gasteiger partial charge in [-0.3, -0.25) is 14.2 Å². The van der Waals surface area contributed by atoms with Crippen molar-refractivity contribution in [3.8, 4) is 5.75 Å². The first-order valence-corrected chi connectivity index (χ1v) is 9.20. The van der Waals surface area contributed by atoms with Gasteiger partial charge in [0.15, 0.2) is 0 Å². The van der Waals surface area contributed by atoms with Crippen molar-refractivity contribution in [2.45, 2.75) is 26.7 Å². The number of benzene rings is 2. The van der Waals surface area contributed by atoms with E-state index in [9.17, 15) is 14.7 Å². The number of phenols is 1. The number of carbonyl (C=O) groups is 2. The maximum absolute atomic E-state index is 13.1. The highest BCUT2D eigenvalue weighted by atomic mass is 35.5. The Kier molecular flexibility index (Phi) is 5.51. The Morgan fingerprint density at radius 1 is 1.15 bits per heavy atom. The minimum absolute atomic E-state index is 0.0915. The molecule has 0 radical (unpaired) electrons. The van der Waals surface area contributed by atoms with Crippen molar-refractivity contribution in [2.24, 2.45) is 0 Å². The Balaban J connectivity index is 2.10. The third-order valence-electron chi connectivity index (χ3n) is 4.52. The highest BCUT2D eigenvalue weighted by Crippen LogP contribution is 2.30. The molecule has 0 saturated carbocycles. The van der Waals surface area contributed by atoms with Crippen LogP contribution >= 0.6 is 11.6 Å². The van der Waals surface area contributed by atoms with Crippen molar-refractivity contribution in [1.82, 2.24) is 9.88 Å². The molecule has 0 atom stereocenters. The van der Waals surface area contributed by atoms with E-state index in [-0.39, 0.29) is 24.0 Å². The molecule has 3 rings (SSSR count). The minimum Gasteiger partial charge on any atom is -0.508 e. The van der Waals surface area contributed by atoms with Crippen LogP contribution < -0.4 is 5.32 Å². The van der Waals surface area contributed by atoms with Gasteiger partial charge in [-0.15, -0.1) is 0 Å². The van der Waals surface area contributed by atoms with Gasteiger partial charge < -0.3 is 10.4 Å². The molecule has 2 N–H and O–H groups in total. The predicted octanol–water partition coefficient (Wildman–Crippen LogP) is 4.07. The number of halogens is 1. The molecular formula is C21H21ClN2O3. The average Bonchev–Trinajstić information content (AvgIpc) is 2.91. The number of hydrogen-bond donors (Lipinski definition) is 2. The van der Waals surface area contributed by atoms with Crippen LogP contribution in [0.1, 0.15) is 35.0 Å². The van der Waals surface area contributed by atoms with Crippen molar-refractivity contribution >= 4 is 34.3 Å². The van der Waals surface area contributed by atoms with Crippen LogP contribution in [-0.4, -0.2) is 28.0 Å². The number of aromatic nitrogens is 1. The molecule has 2 aromatic carbocycles. The summed E-state index contributed by atoms with van der Waals surface area (Å²) < 4.78 is 1.58. The van der Waals surface area contributed by atoms with Crippen molar-refractivity contribution < 1.29 is 14.7 Å². The van der Waals surface area contributed by atoms with Gasteiger partial charge in [-0.25, -0.2) is 0 Å². The van der Waals surface area contributed by atoms with E-state index in [1.54, 1.807) is 41.0 Å². The summed E-state index contributed by atoms with van der Waals surface area (Å²) in [6, 6.07) is 11.5. The van der Waals surface area contributed by atoms with Crippen LogP contribution in [0.4, 0.5) is 0 Å². The number of fused-ring (bicyclic) bond motifs is 1. The topological polar surface area (TPSA) is 71.3 Å². The van der Waals surface area contributed by atoms with Crippen molar-refractivity contribution in [3.63, 3.8) is 0 Å². The molecule has 0 aliphatic heterocycles. The molecule has 0 aliphatic rings. The molecule has 3 aromatic rings. The SMILES string of the molecule is CCCNC(=O)Cc1c(C)n(C(=O)c2ccc(Cl)cc2)c2ccc(O)cc12. The fourth-order valence-corrected chi connectivity index (χ4v) is 3.29. The van der Waals surface area contributed by atoms with E-state index >= 15 is 0 Å². The lowest BCUT2D eigenvalue weighted by atomic mass is 10.1. The summed E-state index contributed by atoms with van der Waals surface area (Å²) in [5, 5.41) is 14.0. The Morgan fingerprint density at radius 3 is 2.52 bits per heavy atom. The standard InChI is InChI=1S/C21H21ClN2O3/c1-3-10-23-20(26)12-17-13(2)24(19-9-8-16(25)11-18(17)19)21(27)14-4-6-15(22)7-5-14/h4-9,11,25H,3,10,12H2,1-2H3,(H,23,26). The fourth-order valence-electron chi connectivity index (χ4n) is 3.17. The summed E-state index contributed by atoms with van der Waals surface area (Å²) in [5.41, 5.74) is 2.57. The zero-order chi connectivity index (χ0) is 19.6. The maximum atomic E-state index is 13.1. The Bertz CT molecular complexity index is 1010. The van der Waals surface area contributed by atoms with Gasteiger partial charge in [-0.2, -0.15) is 0 Å². The van der Waals surface area contributed by atoms with Crippen molar-refractivity contribution in [3.05, 3.63) is 64.3 Å². The van der Waals surface area contributed by atoms with Gasteiger partial charge in [0, 0.05) is 28.2 Å². The van der Waals surface area contributed by atoms with Gasteiger partial charge in [-0.05, 0) is 61.4 Å². The third-order valence-corrected chi connectivity index (χ3v) is 4.77. The second-order valence-electron chi connectivity index (χ2n) is 6.44. The second kappa shape index (κ2) is 7.84. The molecule has 1 aromatic heterocycles. The van der Waals surface area contributed by atoms with Gasteiger partial charge in [0.25, 0.3) is 5.91 Å². The molecule has 6 heteroatoms. The van der Waals surface area contributed by atoms with Gasteiger partial charge in [-0.1, -0.05) is 18.5 Å². The summed E-state index contributed by atoms with van der Waals surface area (Å²) in [4.78, 5) is 25.4. The lowest BCUT2D eigenvalue weighted by molar-refractivity contribution is -0.120. The molecule has 0 fully saturated rings. The number of carbonyl (C=O) groups excluding carboxylic acids is 2. The zero-order valence-corrected chi connectivity index (χ0v) is 16.0. The molecule has 140 valence electrons. The highest BCUT2D eigenvalue weighted by molar-refractivity contribution is 6.30. The van der Waals surface area contributed by atoms with E-state index in [2.05, 4.69) is 5.32 Å². The molecule has 1 amide bonds. The summed E-state index contributed by atoms with van der Waals surface area (Å²) in [7, 11) is 0. The Hall–Kier alpha value is -2.79. The first kappa shape index (κ1) is 19.0. The van der Waals surface area contributed by atoms with Crippen molar-refractivity contribution in [1.29, 1.82) is 0 Å². The van der Waals surface area contributed by atoms with Crippen LogP contribution in [0.15, 0.2) is 42.5 Å². The summed E-state index contributed by atoms with van der Waals surface area (Å²) in [6.07, 6.45) is 0.995. The molecule has 0 saturated heterocycles. The molecule has 1 heterocycles. The smallest absolute Gasteiger partial charge is 0.262 e. The highest BCUT2D eigenvalue weighted by Gasteiger charge is 2.21. The summed E-state index contributed by atoms with van der Waals surface area (Å²) in [6.45, 7) is 4.40. The van der Waals surface area contributed by atoms with E-state index in [0.29, 0.717) is 33.7 Å². The number of aromatic hydroxyl groups is 1. The van der Waals surface area contributed by atoms with Crippen LogP contribution in [0.2, 0.25) is 5.02 Å². The quantitative estimate of drug-likeness (QED) is 0.696. The first-order chi connectivity index (χ1) is 12.9. The third kappa shape index (κ3) is 3.83. The van der Waals surface area contributed by atoms with Crippen LogP contribution in [0.25, 0.3) is 10.9 Å². The largest absolute Gasteiger partial charge is 0.508 e. The van der Waals surface area contributed by atoms with Gasteiger partial charge in [0.05, 0.1) is 11.9 Å². The molecule has 0 bridgehead atoms. The fraction of sp³-hybridized carbons (Fsp3) is 0.238. The lowest BCUT2D eigenvalue weighted by Gasteiger charge is -2.08. The van der Waals surface area contributed by atoms with E-state index in [0.717, 1.165) is 12.0 Å². The van der Waals surface area contributed by atoms with E-state index in [1.165, 1.54) is 6.07 Å². The van der Waals surface area contributed by atoms with E-state index < -0.39 is 0 Å². The Labute approximate surface area is 162 Å². The van der Waals surface area contributed by atoms with Crippen LogP contribution in [0.5, 0.6) is 5.75 Å². The van der Waals surface area contributed by atoms with Gasteiger partial charge in [0.1, 0.15) is 5.75 Å².